The van der Waals surface area contributed by atoms with Gasteiger partial charge < -0.3 is 20.1 Å². The molecule has 0 bridgehead atoms. The van der Waals surface area contributed by atoms with Crippen molar-refractivity contribution in [2.45, 2.75) is 63.6 Å². The number of fused-ring (bicyclic) bond motifs is 4. The first kappa shape index (κ1) is 26.4. The topological polar surface area (TPSA) is 122 Å². The van der Waals surface area contributed by atoms with Gasteiger partial charge >= 0.3 is 0 Å². The van der Waals surface area contributed by atoms with Crippen molar-refractivity contribution in [1.82, 2.24) is 15.5 Å². The normalized spacial score (nSPS) is 19.4. The summed E-state index contributed by atoms with van der Waals surface area (Å²) in [6.45, 7) is 0.543. The summed E-state index contributed by atoms with van der Waals surface area (Å²) in [6, 6.07) is 12.6. The molecule has 2 aromatic carbocycles. The lowest BCUT2D eigenvalue weighted by Crippen LogP contribution is -2.42. The van der Waals surface area contributed by atoms with Crippen molar-refractivity contribution in [1.29, 1.82) is 0 Å². The molecule has 40 heavy (non-hydrogen) atoms. The van der Waals surface area contributed by atoms with Crippen LogP contribution in [0.5, 0.6) is 11.5 Å². The lowest BCUT2D eigenvalue weighted by atomic mass is 9.95. The van der Waals surface area contributed by atoms with Crippen LogP contribution in [0.4, 0.5) is 5.69 Å². The summed E-state index contributed by atoms with van der Waals surface area (Å²) < 4.78 is 10.7. The van der Waals surface area contributed by atoms with Crippen LogP contribution in [0.15, 0.2) is 52.4 Å². The second kappa shape index (κ2) is 11.7. The van der Waals surface area contributed by atoms with Crippen LogP contribution in [-0.4, -0.2) is 58.3 Å². The monoisotopic (exact) mass is 561 g/mol. The molecule has 6 rings (SSSR count). The molecule has 208 valence electrons. The molecule has 0 unspecified atom stereocenters. The highest BCUT2D eigenvalue weighted by Gasteiger charge is 2.41. The fraction of sp³-hybridized carbons (Fsp3) is 0.414. The van der Waals surface area contributed by atoms with E-state index in [1.165, 1.54) is 23.1 Å². The molecular formula is C29H31N5O5S. The van der Waals surface area contributed by atoms with Crippen LogP contribution < -0.4 is 20.1 Å². The minimum Gasteiger partial charge on any atom is -0.454 e. The third-order valence-electron chi connectivity index (χ3n) is 7.42. The number of hydrogen-bond acceptors (Lipinski definition) is 8. The summed E-state index contributed by atoms with van der Waals surface area (Å²) in [4.78, 5) is 49.7. The molecule has 1 aliphatic carbocycles. The number of aliphatic imine (C=N–C) groups is 2. The average Bonchev–Trinajstić information content (AvgIpc) is 3.58. The number of benzene rings is 2. The van der Waals surface area contributed by atoms with Gasteiger partial charge in [0.15, 0.2) is 16.7 Å². The van der Waals surface area contributed by atoms with E-state index in [0.29, 0.717) is 34.7 Å². The Morgan fingerprint density at radius 1 is 1.02 bits per heavy atom. The number of carbonyl (C=O) groups is 3. The Bertz CT molecular complexity index is 1390. The van der Waals surface area contributed by atoms with Crippen molar-refractivity contribution in [3.63, 3.8) is 0 Å². The van der Waals surface area contributed by atoms with E-state index in [9.17, 15) is 14.4 Å². The predicted octanol–water partition coefficient (Wildman–Crippen LogP) is 3.65. The van der Waals surface area contributed by atoms with Gasteiger partial charge in [-0.15, -0.1) is 0 Å². The van der Waals surface area contributed by atoms with Gasteiger partial charge in [0.05, 0.1) is 11.4 Å². The molecule has 0 aromatic heterocycles. The second-order valence-electron chi connectivity index (χ2n) is 10.2. The molecule has 3 aliphatic heterocycles. The quantitative estimate of drug-likeness (QED) is 0.508. The standard InChI is InChI=1S/C29H31N5O5S/c35-25(30-15-18-10-12-23-24(14-18)39-17-38-23)13-11-22-28(37)34-27(32-22)20-8-4-5-9-21(20)33-29(34)40-16-26(36)31-19-6-2-1-3-7-19/h4-5,8-10,12,14,19,22H,1-3,6-7,11,13,15-17H2,(H,30,35)(H,31,36)/t22-/m1/s1. The highest BCUT2D eigenvalue weighted by Crippen LogP contribution is 2.35. The van der Waals surface area contributed by atoms with E-state index in [4.69, 9.17) is 19.5 Å². The van der Waals surface area contributed by atoms with Crippen LogP contribution >= 0.6 is 11.8 Å². The van der Waals surface area contributed by atoms with Gasteiger partial charge in [0.2, 0.25) is 18.6 Å². The predicted molar refractivity (Wildman–Crippen MR) is 152 cm³/mol. The highest BCUT2D eigenvalue weighted by molar-refractivity contribution is 8.14. The second-order valence-corrected chi connectivity index (χ2v) is 11.2. The summed E-state index contributed by atoms with van der Waals surface area (Å²) in [5.41, 5.74) is 2.37. The molecule has 3 heterocycles. The van der Waals surface area contributed by atoms with Gasteiger partial charge in [-0.2, -0.15) is 0 Å². The zero-order valence-corrected chi connectivity index (χ0v) is 22.9. The van der Waals surface area contributed by atoms with Gasteiger partial charge in [0.1, 0.15) is 11.9 Å². The Hall–Kier alpha value is -3.86. The Balaban J connectivity index is 1.07. The van der Waals surface area contributed by atoms with Crippen molar-refractivity contribution < 1.29 is 23.9 Å². The van der Waals surface area contributed by atoms with Crippen LogP contribution in [0.2, 0.25) is 0 Å². The number of amides is 3. The van der Waals surface area contributed by atoms with E-state index in [0.717, 1.165) is 36.8 Å². The molecular weight excluding hydrogens is 530 g/mol. The fourth-order valence-corrected chi connectivity index (χ4v) is 6.15. The van der Waals surface area contributed by atoms with Crippen LogP contribution in [0, 0.1) is 0 Å². The maximum atomic E-state index is 13.5. The molecule has 2 N–H and O–H groups in total. The number of para-hydroxylation sites is 1. The van der Waals surface area contributed by atoms with Gasteiger partial charge in [-0.05, 0) is 49.1 Å². The number of rotatable bonds is 8. The maximum absolute atomic E-state index is 13.5. The van der Waals surface area contributed by atoms with Gasteiger partial charge in [-0.25, -0.2) is 9.89 Å². The van der Waals surface area contributed by atoms with Crippen LogP contribution in [-0.2, 0) is 20.9 Å². The lowest BCUT2D eigenvalue weighted by molar-refractivity contribution is -0.125. The first-order valence-corrected chi connectivity index (χ1v) is 14.7. The zero-order valence-electron chi connectivity index (χ0n) is 22.1. The van der Waals surface area contributed by atoms with Crippen LogP contribution in [0.3, 0.4) is 0 Å². The van der Waals surface area contributed by atoms with E-state index in [1.807, 2.05) is 42.5 Å². The molecule has 4 aliphatic rings. The molecule has 0 saturated heterocycles. The lowest BCUT2D eigenvalue weighted by Gasteiger charge is -2.26. The largest absolute Gasteiger partial charge is 0.454 e. The maximum Gasteiger partial charge on any atom is 0.259 e. The SMILES string of the molecule is O=C(CC[C@H]1N=C2c3ccccc3N=C(SCC(=O)NC3CCCCC3)N2C1=O)NCc1ccc2c(c1)OCO2. The third kappa shape index (κ3) is 5.70. The number of thioether (sulfide) groups is 1. The summed E-state index contributed by atoms with van der Waals surface area (Å²) in [5, 5.41) is 6.46. The van der Waals surface area contributed by atoms with E-state index >= 15 is 0 Å². The number of nitrogens with zero attached hydrogens (tertiary/aromatic N) is 3. The van der Waals surface area contributed by atoms with Gasteiger partial charge in [0, 0.05) is 24.6 Å². The van der Waals surface area contributed by atoms with Gasteiger partial charge in [-0.1, -0.05) is 49.2 Å². The van der Waals surface area contributed by atoms with E-state index in [1.54, 1.807) is 0 Å². The minimum atomic E-state index is -0.695. The highest BCUT2D eigenvalue weighted by atomic mass is 32.2. The Morgan fingerprint density at radius 2 is 1.85 bits per heavy atom. The van der Waals surface area contributed by atoms with Crippen molar-refractivity contribution in [3.8, 4) is 11.5 Å². The summed E-state index contributed by atoms with van der Waals surface area (Å²) in [6.07, 6.45) is 5.95. The first-order valence-electron chi connectivity index (χ1n) is 13.7. The molecule has 1 saturated carbocycles. The number of nitrogens with one attached hydrogen (secondary N) is 2. The molecule has 0 radical (unpaired) electrons. The number of amidine groups is 2. The Labute approximate surface area is 236 Å². The fourth-order valence-electron chi connectivity index (χ4n) is 5.34. The number of carbonyl (C=O) groups excluding carboxylic acids is 3. The van der Waals surface area contributed by atoms with E-state index < -0.39 is 6.04 Å². The molecule has 0 spiro atoms. The third-order valence-corrected chi connectivity index (χ3v) is 8.36. The summed E-state index contributed by atoms with van der Waals surface area (Å²) in [5.74, 6) is 1.60. The zero-order chi connectivity index (χ0) is 27.5. The summed E-state index contributed by atoms with van der Waals surface area (Å²) >= 11 is 1.24. The number of ether oxygens (including phenoxy) is 2. The first-order chi connectivity index (χ1) is 19.5. The molecule has 1 atom stereocenters. The molecule has 2 aromatic rings. The van der Waals surface area contributed by atoms with Crippen LogP contribution in [0.25, 0.3) is 0 Å². The molecule has 10 nitrogen and oxygen atoms in total. The van der Waals surface area contributed by atoms with Crippen molar-refractivity contribution in [2.75, 3.05) is 12.5 Å². The van der Waals surface area contributed by atoms with Gasteiger partial charge in [0.25, 0.3) is 5.91 Å². The van der Waals surface area contributed by atoms with E-state index in [2.05, 4.69) is 10.6 Å². The van der Waals surface area contributed by atoms with Crippen molar-refractivity contribution in [3.05, 3.63) is 53.6 Å². The number of hydrogen-bond donors (Lipinski definition) is 2. The van der Waals surface area contributed by atoms with E-state index in [-0.39, 0.29) is 49.2 Å². The Morgan fingerprint density at radius 3 is 2.73 bits per heavy atom. The molecule has 11 heteroatoms. The Kier molecular flexibility index (Phi) is 7.72. The molecule has 3 amide bonds. The van der Waals surface area contributed by atoms with Crippen LogP contribution in [0.1, 0.15) is 56.1 Å². The average molecular weight is 562 g/mol. The summed E-state index contributed by atoms with van der Waals surface area (Å²) in [7, 11) is 0. The minimum absolute atomic E-state index is 0.0562. The molecule has 1 fully saturated rings. The van der Waals surface area contributed by atoms with Crippen molar-refractivity contribution in [2.24, 2.45) is 9.98 Å². The van der Waals surface area contributed by atoms with Crippen molar-refractivity contribution >= 4 is 46.2 Å². The smallest absolute Gasteiger partial charge is 0.259 e. The van der Waals surface area contributed by atoms with Gasteiger partial charge in [-0.3, -0.25) is 19.4 Å².